The molecule has 0 radical (unpaired) electrons. The SMILES string of the molecule is COCC(N)CN(C)CC1CCCO1. The highest BCUT2D eigenvalue weighted by Gasteiger charge is 2.18. The van der Waals surface area contributed by atoms with Gasteiger partial charge in [0.1, 0.15) is 0 Å². The van der Waals surface area contributed by atoms with E-state index >= 15 is 0 Å². The molecule has 2 N–H and O–H groups in total. The number of hydrogen-bond acceptors (Lipinski definition) is 4. The van der Waals surface area contributed by atoms with E-state index in [1.54, 1.807) is 7.11 Å². The molecule has 0 aliphatic carbocycles. The predicted molar refractivity (Wildman–Crippen MR) is 56.3 cm³/mol. The summed E-state index contributed by atoms with van der Waals surface area (Å²) in [6.45, 7) is 3.39. The van der Waals surface area contributed by atoms with Gasteiger partial charge in [0.2, 0.25) is 0 Å². The first-order valence-electron chi connectivity index (χ1n) is 5.27. The smallest absolute Gasteiger partial charge is 0.0702 e. The first-order valence-corrected chi connectivity index (χ1v) is 5.27. The summed E-state index contributed by atoms with van der Waals surface area (Å²) in [6, 6.07) is 0.103. The van der Waals surface area contributed by atoms with Crippen molar-refractivity contribution in [1.29, 1.82) is 0 Å². The Morgan fingerprint density at radius 3 is 3.00 bits per heavy atom. The zero-order valence-electron chi connectivity index (χ0n) is 9.24. The van der Waals surface area contributed by atoms with Gasteiger partial charge in [-0.1, -0.05) is 0 Å². The summed E-state index contributed by atoms with van der Waals surface area (Å²) in [6.07, 6.45) is 2.79. The summed E-state index contributed by atoms with van der Waals surface area (Å²) in [5, 5.41) is 0. The second-order valence-electron chi connectivity index (χ2n) is 4.07. The maximum Gasteiger partial charge on any atom is 0.0702 e. The summed E-state index contributed by atoms with van der Waals surface area (Å²) in [7, 11) is 3.76. The van der Waals surface area contributed by atoms with E-state index in [2.05, 4.69) is 11.9 Å². The number of hydrogen-bond donors (Lipinski definition) is 1. The Morgan fingerprint density at radius 1 is 1.64 bits per heavy atom. The van der Waals surface area contributed by atoms with Crippen LogP contribution >= 0.6 is 0 Å². The minimum Gasteiger partial charge on any atom is -0.383 e. The normalized spacial score (nSPS) is 24.4. The van der Waals surface area contributed by atoms with Gasteiger partial charge in [-0.05, 0) is 19.9 Å². The molecule has 2 unspecified atom stereocenters. The van der Waals surface area contributed by atoms with Crippen LogP contribution in [-0.2, 0) is 9.47 Å². The maximum atomic E-state index is 5.85. The summed E-state index contributed by atoms with van der Waals surface area (Å²) in [4.78, 5) is 2.22. The Balaban J connectivity index is 2.10. The Labute approximate surface area is 86.3 Å². The van der Waals surface area contributed by atoms with Gasteiger partial charge in [0.05, 0.1) is 12.7 Å². The fourth-order valence-corrected chi connectivity index (χ4v) is 1.88. The van der Waals surface area contributed by atoms with Crippen LogP contribution in [-0.4, -0.2) is 57.5 Å². The average molecular weight is 202 g/mol. The van der Waals surface area contributed by atoms with Gasteiger partial charge in [0.15, 0.2) is 0 Å². The minimum atomic E-state index is 0.103. The van der Waals surface area contributed by atoms with E-state index in [4.69, 9.17) is 15.2 Å². The molecule has 1 heterocycles. The quantitative estimate of drug-likeness (QED) is 0.662. The molecule has 0 amide bonds. The molecule has 0 aromatic carbocycles. The molecule has 1 saturated heterocycles. The van der Waals surface area contributed by atoms with Gasteiger partial charge >= 0.3 is 0 Å². The van der Waals surface area contributed by atoms with Gasteiger partial charge in [-0.25, -0.2) is 0 Å². The molecule has 84 valence electrons. The highest BCUT2D eigenvalue weighted by molar-refractivity contribution is 4.71. The number of nitrogens with zero attached hydrogens (tertiary/aromatic N) is 1. The van der Waals surface area contributed by atoms with Gasteiger partial charge in [-0.15, -0.1) is 0 Å². The van der Waals surface area contributed by atoms with Crippen molar-refractivity contribution in [3.05, 3.63) is 0 Å². The fourth-order valence-electron chi connectivity index (χ4n) is 1.88. The highest BCUT2D eigenvalue weighted by Crippen LogP contribution is 2.12. The van der Waals surface area contributed by atoms with Crippen molar-refractivity contribution in [2.45, 2.75) is 25.0 Å². The van der Waals surface area contributed by atoms with Gasteiger partial charge in [-0.2, -0.15) is 0 Å². The Morgan fingerprint density at radius 2 is 2.43 bits per heavy atom. The van der Waals surface area contributed by atoms with Crippen LogP contribution in [0.5, 0.6) is 0 Å². The van der Waals surface area contributed by atoms with Gasteiger partial charge in [-0.3, -0.25) is 0 Å². The van der Waals surface area contributed by atoms with E-state index in [-0.39, 0.29) is 6.04 Å². The lowest BCUT2D eigenvalue weighted by molar-refractivity contribution is 0.0751. The largest absolute Gasteiger partial charge is 0.383 e. The minimum absolute atomic E-state index is 0.103. The van der Waals surface area contributed by atoms with E-state index < -0.39 is 0 Å². The molecule has 0 saturated carbocycles. The van der Waals surface area contributed by atoms with Crippen LogP contribution in [0.15, 0.2) is 0 Å². The summed E-state index contributed by atoms with van der Waals surface area (Å²) in [5.74, 6) is 0. The van der Waals surface area contributed by atoms with Crippen LogP contribution in [0.3, 0.4) is 0 Å². The van der Waals surface area contributed by atoms with Crippen molar-refractivity contribution >= 4 is 0 Å². The molecule has 0 aromatic rings. The molecule has 4 nitrogen and oxygen atoms in total. The van der Waals surface area contributed by atoms with Gasteiger partial charge in [0.25, 0.3) is 0 Å². The monoisotopic (exact) mass is 202 g/mol. The number of methoxy groups -OCH3 is 1. The molecule has 0 spiro atoms. The Bertz CT molecular complexity index is 149. The Hall–Kier alpha value is -0.160. The molecule has 2 atom stereocenters. The van der Waals surface area contributed by atoms with Crippen molar-refractivity contribution in [1.82, 2.24) is 4.90 Å². The maximum absolute atomic E-state index is 5.85. The van der Waals surface area contributed by atoms with Crippen molar-refractivity contribution in [2.24, 2.45) is 5.73 Å². The highest BCUT2D eigenvalue weighted by atomic mass is 16.5. The Kier molecular flexibility index (Phi) is 5.40. The standard InChI is InChI=1S/C10H22N2O2/c1-12(6-9(11)8-13-2)7-10-4-3-5-14-10/h9-10H,3-8,11H2,1-2H3. The van der Waals surface area contributed by atoms with Crippen molar-refractivity contribution in [3.8, 4) is 0 Å². The molecule has 1 rings (SSSR count). The van der Waals surface area contributed by atoms with Gasteiger partial charge in [0, 0.05) is 32.8 Å². The van der Waals surface area contributed by atoms with Crippen LogP contribution in [0.1, 0.15) is 12.8 Å². The van der Waals surface area contributed by atoms with E-state index in [9.17, 15) is 0 Å². The lowest BCUT2D eigenvalue weighted by Crippen LogP contribution is -2.41. The average Bonchev–Trinajstić information content (AvgIpc) is 2.56. The summed E-state index contributed by atoms with van der Waals surface area (Å²) < 4.78 is 10.5. The summed E-state index contributed by atoms with van der Waals surface area (Å²) in [5.41, 5.74) is 5.85. The molecule has 1 aliphatic rings. The van der Waals surface area contributed by atoms with Crippen LogP contribution < -0.4 is 5.73 Å². The number of likely N-dealkylation sites (N-methyl/N-ethyl adjacent to an activating group) is 1. The van der Waals surface area contributed by atoms with E-state index in [1.165, 1.54) is 12.8 Å². The van der Waals surface area contributed by atoms with Crippen LogP contribution in [0.25, 0.3) is 0 Å². The number of rotatable bonds is 6. The zero-order valence-corrected chi connectivity index (χ0v) is 9.24. The second kappa shape index (κ2) is 6.35. The van der Waals surface area contributed by atoms with E-state index in [0.717, 1.165) is 19.7 Å². The third kappa shape index (κ3) is 4.37. The first kappa shape index (κ1) is 11.9. The predicted octanol–water partition coefficient (Wildman–Crippen LogP) is 0.0709. The number of ether oxygens (including phenoxy) is 2. The van der Waals surface area contributed by atoms with Crippen molar-refractivity contribution < 1.29 is 9.47 Å². The molecule has 0 bridgehead atoms. The molecular weight excluding hydrogens is 180 g/mol. The lowest BCUT2D eigenvalue weighted by Gasteiger charge is -2.23. The first-order chi connectivity index (χ1) is 6.72. The zero-order chi connectivity index (χ0) is 10.4. The van der Waals surface area contributed by atoms with Crippen molar-refractivity contribution in [3.63, 3.8) is 0 Å². The molecule has 1 aliphatic heterocycles. The van der Waals surface area contributed by atoms with Crippen LogP contribution in [0.4, 0.5) is 0 Å². The topological polar surface area (TPSA) is 47.7 Å². The molecule has 0 aromatic heterocycles. The second-order valence-corrected chi connectivity index (χ2v) is 4.07. The van der Waals surface area contributed by atoms with E-state index in [1.807, 2.05) is 0 Å². The third-order valence-electron chi connectivity index (χ3n) is 2.47. The molecule has 1 fully saturated rings. The van der Waals surface area contributed by atoms with Crippen molar-refractivity contribution in [2.75, 3.05) is 40.5 Å². The number of nitrogens with two attached hydrogens (primary N) is 1. The fraction of sp³-hybridized carbons (Fsp3) is 1.00. The van der Waals surface area contributed by atoms with E-state index in [0.29, 0.717) is 12.7 Å². The van der Waals surface area contributed by atoms with Crippen LogP contribution in [0, 0.1) is 0 Å². The van der Waals surface area contributed by atoms with Crippen LogP contribution in [0.2, 0.25) is 0 Å². The third-order valence-corrected chi connectivity index (χ3v) is 2.47. The lowest BCUT2D eigenvalue weighted by atomic mass is 10.2. The molecular formula is C10H22N2O2. The van der Waals surface area contributed by atoms with Gasteiger partial charge < -0.3 is 20.1 Å². The molecule has 14 heavy (non-hydrogen) atoms. The molecule has 4 heteroatoms. The summed E-state index contributed by atoms with van der Waals surface area (Å²) >= 11 is 0.